The Morgan fingerprint density at radius 3 is 2.59 bits per heavy atom. The summed E-state index contributed by atoms with van der Waals surface area (Å²) in [5.41, 5.74) is 1.69. The van der Waals surface area contributed by atoms with Crippen molar-refractivity contribution in [2.45, 2.75) is 25.3 Å². The highest BCUT2D eigenvalue weighted by molar-refractivity contribution is 6.42. The molecule has 7 heteroatoms. The van der Waals surface area contributed by atoms with E-state index in [9.17, 15) is 4.79 Å². The Morgan fingerprint density at radius 1 is 1.15 bits per heavy atom. The van der Waals surface area contributed by atoms with E-state index < -0.39 is 0 Å². The number of rotatable bonds is 5. The first-order chi connectivity index (χ1) is 13.0. The smallest absolute Gasteiger partial charge is 0.293 e. The van der Waals surface area contributed by atoms with Crippen LogP contribution in [0.4, 0.5) is 0 Å². The maximum atomic E-state index is 12.9. The molecule has 2 aromatic carbocycles. The zero-order valence-electron chi connectivity index (χ0n) is 14.8. The van der Waals surface area contributed by atoms with Crippen LogP contribution in [0.2, 0.25) is 10.0 Å². The van der Waals surface area contributed by atoms with Crippen LogP contribution >= 0.6 is 23.2 Å². The van der Waals surface area contributed by atoms with Crippen molar-refractivity contribution >= 4 is 29.1 Å². The summed E-state index contributed by atoms with van der Waals surface area (Å²) in [5, 5.41) is 5.43. The van der Waals surface area contributed by atoms with Crippen LogP contribution in [0, 0.1) is 0 Å². The first kappa shape index (κ1) is 18.0. The molecule has 1 saturated carbocycles. The molecule has 0 saturated heterocycles. The van der Waals surface area contributed by atoms with E-state index in [0.29, 0.717) is 22.5 Å². The maximum Gasteiger partial charge on any atom is 0.293 e. The number of halogens is 2. The number of hydrogen-bond donors (Lipinski definition) is 0. The number of amides is 1. The molecular formula is C20H18Cl2N4O. The predicted octanol–water partition coefficient (Wildman–Crippen LogP) is 4.72. The molecule has 1 aliphatic rings. The molecule has 5 nitrogen and oxygen atoms in total. The number of carbonyl (C=O) groups excluding carboxylic acids is 1. The highest BCUT2D eigenvalue weighted by Crippen LogP contribution is 2.39. The van der Waals surface area contributed by atoms with Gasteiger partial charge in [0.25, 0.3) is 5.91 Å². The van der Waals surface area contributed by atoms with Crippen molar-refractivity contribution in [1.29, 1.82) is 0 Å². The SMILES string of the molecule is CN(Cc1cccc(Cl)c1Cl)C(=O)c1nc(C2CC2)n(-c2ccccc2)n1. The van der Waals surface area contributed by atoms with Gasteiger partial charge in [0.2, 0.25) is 5.82 Å². The zero-order valence-corrected chi connectivity index (χ0v) is 16.3. The van der Waals surface area contributed by atoms with E-state index in [4.69, 9.17) is 23.2 Å². The topological polar surface area (TPSA) is 51.0 Å². The third kappa shape index (κ3) is 3.70. The Labute approximate surface area is 167 Å². The van der Waals surface area contributed by atoms with E-state index in [2.05, 4.69) is 10.1 Å². The fraction of sp³-hybridized carbons (Fsp3) is 0.250. The molecule has 0 radical (unpaired) electrons. The van der Waals surface area contributed by atoms with Gasteiger partial charge in [-0.2, -0.15) is 0 Å². The van der Waals surface area contributed by atoms with Crippen molar-refractivity contribution in [3.05, 3.63) is 75.8 Å². The second-order valence-corrected chi connectivity index (χ2v) is 7.47. The van der Waals surface area contributed by atoms with Gasteiger partial charge in [0.05, 0.1) is 15.7 Å². The molecule has 1 amide bonds. The minimum atomic E-state index is -0.248. The van der Waals surface area contributed by atoms with Crippen LogP contribution < -0.4 is 0 Å². The molecule has 27 heavy (non-hydrogen) atoms. The van der Waals surface area contributed by atoms with Gasteiger partial charge in [-0.25, -0.2) is 9.67 Å². The van der Waals surface area contributed by atoms with Gasteiger partial charge in [-0.3, -0.25) is 4.79 Å². The molecule has 138 valence electrons. The van der Waals surface area contributed by atoms with Gasteiger partial charge in [0.1, 0.15) is 5.82 Å². The maximum absolute atomic E-state index is 12.9. The van der Waals surface area contributed by atoms with Crippen LogP contribution in [0.3, 0.4) is 0 Å². The van der Waals surface area contributed by atoms with E-state index >= 15 is 0 Å². The van der Waals surface area contributed by atoms with E-state index in [1.807, 2.05) is 42.5 Å². The van der Waals surface area contributed by atoms with Gasteiger partial charge < -0.3 is 4.90 Å². The second kappa shape index (κ2) is 7.33. The molecule has 0 unspecified atom stereocenters. The van der Waals surface area contributed by atoms with Gasteiger partial charge in [-0.15, -0.1) is 5.10 Å². The number of para-hydroxylation sites is 1. The summed E-state index contributed by atoms with van der Waals surface area (Å²) >= 11 is 12.3. The van der Waals surface area contributed by atoms with Gasteiger partial charge >= 0.3 is 0 Å². The Hall–Kier alpha value is -2.37. The number of aromatic nitrogens is 3. The fourth-order valence-electron chi connectivity index (χ4n) is 2.95. The predicted molar refractivity (Wildman–Crippen MR) is 106 cm³/mol. The zero-order chi connectivity index (χ0) is 19.0. The van der Waals surface area contributed by atoms with Gasteiger partial charge in [-0.1, -0.05) is 53.5 Å². The summed E-state index contributed by atoms with van der Waals surface area (Å²) in [5.74, 6) is 1.16. The first-order valence-corrected chi connectivity index (χ1v) is 9.51. The first-order valence-electron chi connectivity index (χ1n) is 8.75. The normalized spacial score (nSPS) is 13.6. The van der Waals surface area contributed by atoms with Crippen molar-refractivity contribution in [3.8, 4) is 5.69 Å². The lowest BCUT2D eigenvalue weighted by Gasteiger charge is -2.16. The number of benzene rings is 2. The van der Waals surface area contributed by atoms with Crippen molar-refractivity contribution in [1.82, 2.24) is 19.7 Å². The minimum absolute atomic E-state index is 0.196. The van der Waals surface area contributed by atoms with Crippen LogP contribution in [-0.2, 0) is 6.54 Å². The molecule has 1 fully saturated rings. The number of hydrogen-bond acceptors (Lipinski definition) is 3. The molecule has 0 bridgehead atoms. The lowest BCUT2D eigenvalue weighted by atomic mass is 10.2. The molecular weight excluding hydrogens is 383 g/mol. The van der Waals surface area contributed by atoms with Crippen LogP contribution in [-0.4, -0.2) is 32.6 Å². The summed E-state index contributed by atoms with van der Waals surface area (Å²) in [6, 6.07) is 15.2. The molecule has 0 spiro atoms. The number of carbonyl (C=O) groups is 1. The highest BCUT2D eigenvalue weighted by atomic mass is 35.5. The molecule has 0 N–H and O–H groups in total. The van der Waals surface area contributed by atoms with Crippen LogP contribution in [0.15, 0.2) is 48.5 Å². The monoisotopic (exact) mass is 400 g/mol. The molecule has 0 aliphatic heterocycles. The van der Waals surface area contributed by atoms with Gasteiger partial charge in [0.15, 0.2) is 0 Å². The Kier molecular flexibility index (Phi) is 4.89. The summed E-state index contributed by atoms with van der Waals surface area (Å²) in [6.07, 6.45) is 2.15. The van der Waals surface area contributed by atoms with E-state index in [0.717, 1.165) is 29.9 Å². The van der Waals surface area contributed by atoms with Gasteiger partial charge in [-0.05, 0) is 36.6 Å². The van der Waals surface area contributed by atoms with Crippen LogP contribution in [0.5, 0.6) is 0 Å². The summed E-state index contributed by atoms with van der Waals surface area (Å²) < 4.78 is 1.78. The summed E-state index contributed by atoms with van der Waals surface area (Å²) in [7, 11) is 1.71. The Balaban J connectivity index is 1.61. The Morgan fingerprint density at radius 2 is 1.89 bits per heavy atom. The molecule has 0 atom stereocenters. The Bertz CT molecular complexity index is 983. The van der Waals surface area contributed by atoms with Crippen molar-refractivity contribution in [2.24, 2.45) is 0 Å². The van der Waals surface area contributed by atoms with Crippen LogP contribution in [0.1, 0.15) is 40.8 Å². The van der Waals surface area contributed by atoms with E-state index in [1.54, 1.807) is 22.7 Å². The molecule has 1 heterocycles. The third-order valence-corrected chi connectivity index (χ3v) is 5.41. The average molecular weight is 401 g/mol. The van der Waals surface area contributed by atoms with E-state index in [1.165, 1.54) is 0 Å². The largest absolute Gasteiger partial charge is 0.335 e. The molecule has 4 rings (SSSR count). The third-order valence-electron chi connectivity index (χ3n) is 4.55. The summed E-state index contributed by atoms with van der Waals surface area (Å²) in [6.45, 7) is 0.330. The second-order valence-electron chi connectivity index (χ2n) is 6.69. The standard InChI is InChI=1S/C20H18Cl2N4O/c1-25(12-14-6-5-9-16(21)17(14)22)20(27)18-23-19(13-10-11-13)26(24-18)15-7-3-2-4-8-15/h2-9,13H,10-12H2,1H3. The molecule has 1 aromatic heterocycles. The average Bonchev–Trinajstić information content (AvgIpc) is 3.44. The fourth-order valence-corrected chi connectivity index (χ4v) is 3.33. The lowest BCUT2D eigenvalue weighted by Crippen LogP contribution is -2.27. The van der Waals surface area contributed by atoms with Crippen molar-refractivity contribution < 1.29 is 4.79 Å². The minimum Gasteiger partial charge on any atom is -0.335 e. The number of nitrogens with zero attached hydrogens (tertiary/aromatic N) is 4. The molecule has 1 aliphatic carbocycles. The van der Waals surface area contributed by atoms with Crippen molar-refractivity contribution in [3.63, 3.8) is 0 Å². The van der Waals surface area contributed by atoms with Gasteiger partial charge in [0, 0.05) is 19.5 Å². The highest BCUT2D eigenvalue weighted by Gasteiger charge is 2.32. The van der Waals surface area contributed by atoms with E-state index in [-0.39, 0.29) is 11.7 Å². The van der Waals surface area contributed by atoms with Crippen LogP contribution in [0.25, 0.3) is 5.69 Å². The quantitative estimate of drug-likeness (QED) is 0.622. The van der Waals surface area contributed by atoms with Crippen molar-refractivity contribution in [2.75, 3.05) is 7.05 Å². The lowest BCUT2D eigenvalue weighted by molar-refractivity contribution is 0.0773. The summed E-state index contributed by atoms with van der Waals surface area (Å²) in [4.78, 5) is 19.0. The molecule has 3 aromatic rings.